The lowest BCUT2D eigenvalue weighted by atomic mass is 10.1. The second-order valence-electron chi connectivity index (χ2n) is 33.5. The second-order valence-corrected chi connectivity index (χ2v) is 39.1. The molecule has 12 heterocycles. The molecule has 20 aromatic rings. The van der Waals surface area contributed by atoms with Gasteiger partial charge in [0.25, 0.3) is 23.6 Å². The number of hydrogen-bond donors (Lipinski definition) is 12. The molecule has 28 nitrogen and oxygen atoms in total. The fraction of sp³-hybridized carbons (Fsp3) is 0.101. The molecule has 150 heavy (non-hydrogen) atoms. The minimum Gasteiger partial charge on any atom is -0.383 e. The Labute approximate surface area is 875 Å². The first-order valence-electron chi connectivity index (χ1n) is 45.9. The van der Waals surface area contributed by atoms with Gasteiger partial charge in [-0.25, -0.2) is 94.9 Å². The number of nitrogens with one attached hydrogen (secondary N) is 8. The lowest BCUT2D eigenvalue weighted by Crippen LogP contribution is -2.24. The summed E-state index contributed by atoms with van der Waals surface area (Å²) in [6, 6.07) is 60.4. The number of benzene rings is 8. The molecule has 0 saturated heterocycles. The summed E-state index contributed by atoms with van der Waals surface area (Å²) < 4.78 is 107. The topological polar surface area (TPSA) is 423 Å². The maximum Gasteiger partial charge on any atom is 0.255 e. The molecule has 20 rings (SSSR count). The van der Waals surface area contributed by atoms with Gasteiger partial charge >= 0.3 is 0 Å². The van der Waals surface area contributed by atoms with Crippen molar-refractivity contribution in [2.45, 2.75) is 72.6 Å². The van der Waals surface area contributed by atoms with Crippen LogP contribution in [0.2, 0.25) is 0 Å². The monoisotopic (exact) mass is 2150 g/mol. The van der Waals surface area contributed by atoms with Crippen molar-refractivity contribution < 1.29 is 54.3 Å². The van der Waals surface area contributed by atoms with Gasteiger partial charge in [0.05, 0.1) is 70.5 Å². The quantitative estimate of drug-likeness (QED) is 0.0153. The highest BCUT2D eigenvalue weighted by Gasteiger charge is 2.23. The van der Waals surface area contributed by atoms with E-state index in [-0.39, 0.29) is 43.6 Å². The molecule has 0 aliphatic heterocycles. The van der Waals surface area contributed by atoms with Crippen molar-refractivity contribution in [2.24, 2.45) is 0 Å². The number of rotatable bonds is 29. The highest BCUT2D eigenvalue weighted by atomic mass is 79.9. The first-order chi connectivity index (χ1) is 72.5. The van der Waals surface area contributed by atoms with E-state index in [1.807, 2.05) is 135 Å². The Morgan fingerprint density at radius 2 is 0.593 bits per heavy atom. The molecule has 0 atom stereocenters. The zero-order valence-electron chi connectivity index (χ0n) is 79.2. The van der Waals surface area contributed by atoms with Crippen molar-refractivity contribution in [1.82, 2.24) is 81.1 Å². The minimum atomic E-state index is -0.981. The number of aromatic nitrogens is 12. The summed E-state index contributed by atoms with van der Waals surface area (Å²) in [5.41, 5.74) is 36.4. The van der Waals surface area contributed by atoms with Crippen molar-refractivity contribution >= 4 is 175 Å². The number of aryl methyl sites for hydroxylation is 2. The van der Waals surface area contributed by atoms with Crippen molar-refractivity contribution in [3.63, 3.8) is 0 Å². The van der Waals surface area contributed by atoms with Crippen LogP contribution in [0.5, 0.6) is 0 Å². The Bertz CT molecular complexity index is 8310. The Morgan fingerprint density at radius 1 is 0.307 bits per heavy atom. The molecule has 0 radical (unpaired) electrons. The summed E-state index contributed by atoms with van der Waals surface area (Å²) in [4.78, 5) is 111. The number of terminal acetylenes is 1. The molecule has 16 N–H and O–H groups in total. The number of hydrogen-bond acceptors (Lipinski definition) is 28. The van der Waals surface area contributed by atoms with Crippen LogP contribution in [0, 0.1) is 65.8 Å². The van der Waals surface area contributed by atoms with Gasteiger partial charge in [-0.05, 0) is 255 Å². The highest BCUT2D eigenvalue weighted by molar-refractivity contribution is 9.10. The van der Waals surface area contributed by atoms with E-state index in [2.05, 4.69) is 124 Å². The minimum absolute atomic E-state index is 0.00531. The molecular formula is C109H85BrF8N24O4S4. The molecule has 12 aromatic heterocycles. The Morgan fingerprint density at radius 3 is 0.900 bits per heavy atom. The molecule has 0 aliphatic rings. The van der Waals surface area contributed by atoms with Crippen molar-refractivity contribution in [3.05, 3.63) is 400 Å². The van der Waals surface area contributed by atoms with Crippen LogP contribution in [0.25, 0.3) is 85.4 Å². The largest absolute Gasteiger partial charge is 0.383 e. The van der Waals surface area contributed by atoms with Gasteiger partial charge in [-0.1, -0.05) is 61.4 Å². The normalized spacial score (nSPS) is 10.9. The predicted octanol–water partition coefficient (Wildman–Crippen LogP) is 22.2. The van der Waals surface area contributed by atoms with Crippen molar-refractivity contribution in [1.29, 1.82) is 0 Å². The van der Waals surface area contributed by atoms with Crippen LogP contribution in [-0.2, 0) is 58.8 Å². The molecule has 0 unspecified atom stereocenters. The molecule has 752 valence electrons. The number of nitrogens with zero attached hydrogens (tertiary/aromatic N) is 12. The third-order valence-electron chi connectivity index (χ3n) is 23.2. The molecule has 0 bridgehead atoms. The standard InChI is InChI=1S/C28H24F2N6OS.C28H20F2N6OS.C27H22F2N6OS.C26H19BrF2N6OS/c2*1-2-16-9-21(28(37)34-13-17-3-6-22(29)23(30)10-17)27(32-12-16)33-14-19-5-8-25(38-19)18-4-7-24-20(11-18)26(31)36-15-35-24;1-15-8-20(27(36)33-12-16-2-5-21(28)22(29)9-16)26(31-11-15)32-13-18-4-7-24(37-18)17-3-6-23-19(10-17)25(30)35-14-34-23;27-16-9-19(26(36)33-10-14-1-4-20(28)21(29)7-14)25(31-11-16)32-12-17-3-6-23(37-17)15-2-5-22-18(8-15)24(30)35-13-34-22/h3-12,15H,2,13-14H2,1H3,(H,32,33)(H,34,37)(H2,31,35,36);1,3-12,15H,13-14H2,(H,32,33)(H,34,37)(H2,31,35,36);2-11,14H,12-13H2,1H3,(H,31,32)(H,33,36)(H2,30,34,35);1-9,11,13H,10,12H2,(H,31,32)(H,33,36)(H2,30,34,35). The van der Waals surface area contributed by atoms with Gasteiger partial charge in [0, 0.05) is 122 Å². The van der Waals surface area contributed by atoms with Gasteiger partial charge in [-0.3, -0.25) is 19.2 Å². The van der Waals surface area contributed by atoms with Crippen LogP contribution in [0.3, 0.4) is 0 Å². The van der Waals surface area contributed by atoms with Crippen LogP contribution in [-0.4, -0.2) is 83.4 Å². The Balaban J connectivity index is 0.000000136. The van der Waals surface area contributed by atoms with Crippen LogP contribution in [0.4, 0.5) is 81.7 Å². The van der Waals surface area contributed by atoms with E-state index >= 15 is 0 Å². The smallest absolute Gasteiger partial charge is 0.255 e. The number of pyridine rings is 4. The third-order valence-corrected chi connectivity index (χ3v) is 28.2. The van der Waals surface area contributed by atoms with Gasteiger partial charge < -0.3 is 65.5 Å². The summed E-state index contributed by atoms with van der Waals surface area (Å²) in [7, 11) is 0. The molecule has 4 amide bonds. The van der Waals surface area contributed by atoms with Crippen molar-refractivity contribution in [3.8, 4) is 54.1 Å². The van der Waals surface area contributed by atoms with Gasteiger partial charge in [0.15, 0.2) is 46.5 Å². The van der Waals surface area contributed by atoms with Gasteiger partial charge in [0.2, 0.25) is 0 Å². The molecule has 41 heteroatoms. The SMILES string of the molecule is C#Cc1cnc(NCc2ccc(-c3ccc4ncnc(N)c4c3)s2)c(C(=O)NCc2ccc(F)c(F)c2)c1.CCc1cnc(NCc2ccc(-c3ccc4ncnc(N)c4c3)s2)c(C(=O)NCc2ccc(F)c(F)c2)c1.Cc1cnc(NCc2ccc(-c3ccc4ncnc(N)c4c3)s2)c(C(=O)NCc2ccc(F)c(F)c2)c1.Nc1ncnc2ccc(-c3ccc(CNc4ncc(Br)cc4C(=O)NCc4ccc(F)c(F)c4)s3)cc12. The number of thiophene rings is 4. The predicted molar refractivity (Wildman–Crippen MR) is 575 cm³/mol. The number of nitrogens with two attached hydrogens (primary N) is 4. The summed E-state index contributed by atoms with van der Waals surface area (Å²) in [6.45, 7) is 5.76. The van der Waals surface area contributed by atoms with Crippen LogP contribution in [0.1, 0.15) is 107 Å². The average Bonchev–Trinajstić information content (AvgIpc) is 1.80. The van der Waals surface area contributed by atoms with Crippen LogP contribution < -0.4 is 65.5 Å². The third kappa shape index (κ3) is 25.8. The summed E-state index contributed by atoms with van der Waals surface area (Å²) in [5, 5.41) is 27.1. The average molecular weight is 2160 g/mol. The van der Waals surface area contributed by atoms with E-state index in [0.717, 1.165) is 165 Å². The lowest BCUT2D eigenvalue weighted by Gasteiger charge is -2.12. The van der Waals surface area contributed by atoms with Crippen LogP contribution in [0.15, 0.2) is 273 Å². The number of anilines is 8. The van der Waals surface area contributed by atoms with Gasteiger partial charge in [0.1, 0.15) is 71.9 Å². The number of fused-ring (bicyclic) bond motifs is 4. The van der Waals surface area contributed by atoms with E-state index in [9.17, 15) is 54.3 Å². The Kier molecular flexibility index (Phi) is 32.9. The summed E-state index contributed by atoms with van der Waals surface area (Å²) in [6.07, 6.45) is 18.5. The van der Waals surface area contributed by atoms with E-state index in [1.165, 1.54) is 55.8 Å². The Hall–Kier alpha value is -17.7. The van der Waals surface area contributed by atoms with Gasteiger partial charge in [-0.2, -0.15) is 0 Å². The van der Waals surface area contributed by atoms with E-state index in [0.29, 0.717) is 128 Å². The number of carbonyl (C=O) groups excluding carboxylic acids is 4. The maximum atomic E-state index is 13.5. The molecule has 0 spiro atoms. The van der Waals surface area contributed by atoms with Gasteiger partial charge in [-0.15, -0.1) is 51.8 Å². The number of amides is 4. The first kappa shape index (κ1) is 104. The molecule has 0 saturated carbocycles. The van der Waals surface area contributed by atoms with E-state index in [1.54, 1.807) is 88.2 Å². The second kappa shape index (κ2) is 47.6. The molecule has 8 aromatic carbocycles. The van der Waals surface area contributed by atoms with Crippen molar-refractivity contribution in [2.75, 3.05) is 44.2 Å². The maximum absolute atomic E-state index is 13.5. The number of nitrogen functional groups attached to an aromatic ring is 4. The molecule has 0 fully saturated rings. The fourth-order valence-electron chi connectivity index (χ4n) is 15.3. The molecular weight excluding hydrogens is 2070 g/mol. The summed E-state index contributed by atoms with van der Waals surface area (Å²) >= 11 is 9.75. The number of carbonyl (C=O) groups is 4. The molecule has 0 aliphatic carbocycles. The highest BCUT2D eigenvalue weighted by Crippen LogP contribution is 2.38. The lowest BCUT2D eigenvalue weighted by molar-refractivity contribution is 0.0943. The first-order valence-corrected chi connectivity index (χ1v) is 49.9. The zero-order chi connectivity index (χ0) is 105. The number of halogens is 9. The summed E-state index contributed by atoms with van der Waals surface area (Å²) in [5.74, 6) is -3.37. The van der Waals surface area contributed by atoms with Crippen LogP contribution >= 0.6 is 61.3 Å². The zero-order valence-corrected chi connectivity index (χ0v) is 84.0. The fourth-order valence-corrected chi connectivity index (χ4v) is 19.4. The van der Waals surface area contributed by atoms with E-state index in [4.69, 9.17) is 29.4 Å². The van der Waals surface area contributed by atoms with E-state index < -0.39 is 58.4 Å².